The molecule has 0 saturated heterocycles. The third-order valence-corrected chi connectivity index (χ3v) is 2.24. The van der Waals surface area contributed by atoms with Crippen molar-refractivity contribution >= 4 is 13.7 Å². The Kier molecular flexibility index (Phi) is 5.64. The first-order valence-electron chi connectivity index (χ1n) is 3.80. The molecule has 0 rings (SSSR count). The van der Waals surface area contributed by atoms with Gasteiger partial charge in [-0.1, -0.05) is 6.58 Å². The summed E-state index contributed by atoms with van der Waals surface area (Å²) in [4.78, 5) is 10.8. The first-order chi connectivity index (χ1) is 6.39. The highest BCUT2D eigenvalue weighted by atomic mass is 31.2. The first-order valence-corrected chi connectivity index (χ1v) is 5.42. The summed E-state index contributed by atoms with van der Waals surface area (Å²) in [6, 6.07) is 0. The highest BCUT2D eigenvalue weighted by Gasteiger charge is 2.15. The van der Waals surface area contributed by atoms with Gasteiger partial charge in [0, 0.05) is 12.7 Å². The SMILES string of the molecule is C=C(C)C(=O)OCCOP(N)(=O)OC. The molecule has 0 bridgehead atoms. The fraction of sp³-hybridized carbons (Fsp3) is 0.571. The summed E-state index contributed by atoms with van der Waals surface area (Å²) in [5, 5.41) is 0. The zero-order valence-corrected chi connectivity index (χ0v) is 9.08. The maximum atomic E-state index is 10.9. The lowest BCUT2D eigenvalue weighted by atomic mass is 10.4. The lowest BCUT2D eigenvalue weighted by Gasteiger charge is -2.10. The maximum absolute atomic E-state index is 10.9. The van der Waals surface area contributed by atoms with Crippen molar-refractivity contribution in [2.24, 2.45) is 5.50 Å². The molecule has 0 aliphatic carbocycles. The molecule has 0 aromatic rings. The second-order valence-corrected chi connectivity index (χ2v) is 4.17. The topological polar surface area (TPSA) is 87.9 Å². The van der Waals surface area contributed by atoms with Gasteiger partial charge in [-0.25, -0.2) is 14.9 Å². The van der Waals surface area contributed by atoms with E-state index in [0.29, 0.717) is 0 Å². The number of esters is 1. The maximum Gasteiger partial charge on any atom is 0.402 e. The summed E-state index contributed by atoms with van der Waals surface area (Å²) in [7, 11) is -2.30. The van der Waals surface area contributed by atoms with Crippen molar-refractivity contribution in [2.45, 2.75) is 6.92 Å². The van der Waals surface area contributed by atoms with Crippen LogP contribution in [0.15, 0.2) is 12.2 Å². The minimum absolute atomic E-state index is 0.0454. The summed E-state index contributed by atoms with van der Waals surface area (Å²) in [5.41, 5.74) is 5.33. The van der Waals surface area contributed by atoms with Gasteiger partial charge in [-0.05, 0) is 6.92 Å². The molecule has 14 heavy (non-hydrogen) atoms. The molecule has 0 aromatic heterocycles. The molecule has 6 nitrogen and oxygen atoms in total. The third kappa shape index (κ3) is 5.88. The standard InChI is InChI=1S/C7H14NO5P/c1-6(2)7(9)12-4-5-13-14(8,10)11-3/h1,4-5H2,2-3H3,(H2,8,10). The van der Waals surface area contributed by atoms with Gasteiger partial charge in [0.1, 0.15) is 6.61 Å². The number of carbonyl (C=O) groups is 1. The monoisotopic (exact) mass is 223 g/mol. The first kappa shape index (κ1) is 13.3. The zero-order valence-electron chi connectivity index (χ0n) is 8.19. The fourth-order valence-electron chi connectivity index (χ4n) is 0.475. The van der Waals surface area contributed by atoms with Crippen molar-refractivity contribution in [3.8, 4) is 0 Å². The van der Waals surface area contributed by atoms with E-state index in [4.69, 9.17) is 5.50 Å². The average Bonchev–Trinajstić information content (AvgIpc) is 2.12. The fourth-order valence-corrected chi connectivity index (χ4v) is 0.909. The van der Waals surface area contributed by atoms with E-state index in [9.17, 15) is 9.36 Å². The molecule has 1 atom stereocenters. The Labute approximate surface area is 82.6 Å². The molecule has 1 unspecified atom stereocenters. The van der Waals surface area contributed by atoms with Gasteiger partial charge >= 0.3 is 13.7 Å². The van der Waals surface area contributed by atoms with Gasteiger partial charge in [0.2, 0.25) is 0 Å². The quantitative estimate of drug-likeness (QED) is 0.310. The van der Waals surface area contributed by atoms with Crippen LogP contribution >= 0.6 is 7.75 Å². The van der Waals surface area contributed by atoms with Crippen LogP contribution in [0.1, 0.15) is 6.92 Å². The minimum Gasteiger partial charge on any atom is -0.460 e. The van der Waals surface area contributed by atoms with Crippen LogP contribution < -0.4 is 5.50 Å². The van der Waals surface area contributed by atoms with E-state index in [1.807, 2.05) is 0 Å². The van der Waals surface area contributed by atoms with E-state index in [1.54, 1.807) is 0 Å². The van der Waals surface area contributed by atoms with Gasteiger partial charge in [-0.2, -0.15) is 0 Å². The van der Waals surface area contributed by atoms with Crippen molar-refractivity contribution in [3.05, 3.63) is 12.2 Å². The van der Waals surface area contributed by atoms with Gasteiger partial charge in [-0.3, -0.25) is 4.52 Å². The average molecular weight is 223 g/mol. The number of hydrogen-bond donors (Lipinski definition) is 1. The van der Waals surface area contributed by atoms with Crippen molar-refractivity contribution in [1.82, 2.24) is 0 Å². The molecular formula is C7H14NO5P. The number of ether oxygens (including phenoxy) is 1. The van der Waals surface area contributed by atoms with E-state index in [2.05, 4.69) is 20.4 Å². The van der Waals surface area contributed by atoms with Crippen LogP contribution in [0.5, 0.6) is 0 Å². The van der Waals surface area contributed by atoms with E-state index in [1.165, 1.54) is 14.0 Å². The van der Waals surface area contributed by atoms with E-state index in [0.717, 1.165) is 0 Å². The van der Waals surface area contributed by atoms with Crippen molar-refractivity contribution in [3.63, 3.8) is 0 Å². The van der Waals surface area contributed by atoms with Crippen LogP contribution in [0.25, 0.3) is 0 Å². The molecule has 0 saturated carbocycles. The summed E-state index contributed by atoms with van der Waals surface area (Å²) < 4.78 is 24.5. The van der Waals surface area contributed by atoms with Crippen molar-refractivity contribution in [2.75, 3.05) is 20.3 Å². The Hall–Kier alpha value is -0.680. The van der Waals surface area contributed by atoms with Crippen LogP contribution in [-0.2, 0) is 23.1 Å². The Bertz CT molecular complexity index is 265. The van der Waals surface area contributed by atoms with Crippen LogP contribution in [0.2, 0.25) is 0 Å². The Morgan fingerprint density at radius 3 is 2.50 bits per heavy atom. The number of rotatable bonds is 6. The summed E-state index contributed by atoms with van der Waals surface area (Å²) in [5.74, 6) is -0.530. The molecule has 0 aliphatic rings. The molecular weight excluding hydrogens is 209 g/mol. The molecule has 0 radical (unpaired) electrons. The normalized spacial score (nSPS) is 14.5. The molecule has 82 valence electrons. The molecule has 0 amide bonds. The van der Waals surface area contributed by atoms with Gasteiger partial charge in [0.15, 0.2) is 0 Å². The largest absolute Gasteiger partial charge is 0.460 e. The number of carbonyl (C=O) groups excluding carboxylic acids is 1. The summed E-state index contributed by atoms with van der Waals surface area (Å²) in [6.45, 7) is 4.77. The summed E-state index contributed by atoms with van der Waals surface area (Å²) >= 11 is 0. The van der Waals surface area contributed by atoms with Crippen molar-refractivity contribution < 1.29 is 23.1 Å². The van der Waals surface area contributed by atoms with Gasteiger partial charge in [0.05, 0.1) is 6.61 Å². The number of nitrogens with two attached hydrogens (primary N) is 1. The van der Waals surface area contributed by atoms with E-state index >= 15 is 0 Å². The van der Waals surface area contributed by atoms with Crippen LogP contribution in [0.4, 0.5) is 0 Å². The minimum atomic E-state index is -3.47. The molecule has 7 heteroatoms. The lowest BCUT2D eigenvalue weighted by Crippen LogP contribution is -2.12. The molecule has 0 aromatic carbocycles. The highest BCUT2D eigenvalue weighted by molar-refractivity contribution is 7.51. The van der Waals surface area contributed by atoms with Crippen LogP contribution in [0, 0.1) is 0 Å². The smallest absolute Gasteiger partial charge is 0.402 e. The predicted molar refractivity (Wildman–Crippen MR) is 50.5 cm³/mol. The van der Waals surface area contributed by atoms with Crippen molar-refractivity contribution in [1.29, 1.82) is 0 Å². The second-order valence-electron chi connectivity index (χ2n) is 2.47. The molecule has 0 aliphatic heterocycles. The van der Waals surface area contributed by atoms with Gasteiger partial charge in [-0.15, -0.1) is 0 Å². The molecule has 0 fully saturated rings. The Morgan fingerprint density at radius 2 is 2.07 bits per heavy atom. The van der Waals surface area contributed by atoms with Crippen LogP contribution in [-0.4, -0.2) is 26.3 Å². The van der Waals surface area contributed by atoms with Gasteiger partial charge < -0.3 is 9.26 Å². The Morgan fingerprint density at radius 1 is 1.50 bits per heavy atom. The zero-order chi connectivity index (χ0) is 11.2. The second kappa shape index (κ2) is 5.93. The third-order valence-electron chi connectivity index (χ3n) is 1.19. The lowest BCUT2D eigenvalue weighted by molar-refractivity contribution is -0.139. The van der Waals surface area contributed by atoms with E-state index < -0.39 is 13.7 Å². The molecule has 0 heterocycles. The number of hydrogen-bond acceptors (Lipinski definition) is 5. The van der Waals surface area contributed by atoms with Crippen LogP contribution in [0.3, 0.4) is 0 Å². The summed E-state index contributed by atoms with van der Waals surface area (Å²) in [6.07, 6.45) is 0. The molecule has 2 N–H and O–H groups in total. The molecule has 0 spiro atoms. The van der Waals surface area contributed by atoms with E-state index in [-0.39, 0.29) is 18.8 Å². The highest BCUT2D eigenvalue weighted by Crippen LogP contribution is 2.37. The predicted octanol–water partition coefficient (Wildman–Crippen LogP) is 0.836. The van der Waals surface area contributed by atoms with Gasteiger partial charge in [0.25, 0.3) is 0 Å². The Balaban J connectivity index is 3.62.